The van der Waals surface area contributed by atoms with Gasteiger partial charge < -0.3 is 14.8 Å². The maximum absolute atomic E-state index is 6.49. The van der Waals surface area contributed by atoms with Gasteiger partial charge in [-0.1, -0.05) is 29.3 Å². The summed E-state index contributed by atoms with van der Waals surface area (Å²) in [7, 11) is 2.02. The molecule has 1 aliphatic rings. The van der Waals surface area contributed by atoms with Gasteiger partial charge in [-0.25, -0.2) is 0 Å². The van der Waals surface area contributed by atoms with Gasteiger partial charge in [-0.15, -0.1) is 0 Å². The molecule has 0 saturated carbocycles. The first-order valence-corrected chi connectivity index (χ1v) is 10.1. The van der Waals surface area contributed by atoms with Crippen LogP contribution in [0.1, 0.15) is 34.7 Å². The molecule has 1 aromatic carbocycles. The fourth-order valence-corrected chi connectivity index (χ4v) is 4.70. The Balaban J connectivity index is 1.83. The molecule has 0 spiro atoms. The topological polar surface area (TPSA) is 33.1 Å². The number of thiocarbonyl (C=S) groups is 1. The average Bonchev–Trinajstić information content (AvgIpc) is 3.12. The number of aromatic nitrogens is 2. The number of rotatable bonds is 3. The fraction of sp³-hybridized carbons (Fsp3) is 0.238. The molecule has 3 heterocycles. The molecule has 2 atom stereocenters. The smallest absolute Gasteiger partial charge is 0.169 e. The van der Waals surface area contributed by atoms with E-state index < -0.39 is 0 Å². The molecule has 2 aromatic heterocycles. The van der Waals surface area contributed by atoms with Gasteiger partial charge in [-0.3, -0.25) is 4.98 Å². The molecule has 0 bridgehead atoms. The monoisotopic (exact) mass is 430 g/mol. The third kappa shape index (κ3) is 3.17. The van der Waals surface area contributed by atoms with Gasteiger partial charge in [0.15, 0.2) is 5.11 Å². The van der Waals surface area contributed by atoms with Crippen LogP contribution in [0.25, 0.3) is 5.69 Å². The van der Waals surface area contributed by atoms with Gasteiger partial charge >= 0.3 is 0 Å². The predicted octanol–water partition coefficient (Wildman–Crippen LogP) is 5.40. The summed E-state index contributed by atoms with van der Waals surface area (Å²) in [5.74, 6) is 0. The molecule has 1 saturated heterocycles. The summed E-state index contributed by atoms with van der Waals surface area (Å²) >= 11 is 18.1. The second kappa shape index (κ2) is 7.39. The molecule has 4 nitrogen and oxygen atoms in total. The first-order chi connectivity index (χ1) is 13.4. The zero-order valence-corrected chi connectivity index (χ0v) is 18.1. The van der Waals surface area contributed by atoms with E-state index in [1.54, 1.807) is 6.07 Å². The molecule has 7 heteroatoms. The number of nitrogens with one attached hydrogen (secondary N) is 1. The van der Waals surface area contributed by atoms with E-state index in [9.17, 15) is 0 Å². The van der Waals surface area contributed by atoms with Crippen molar-refractivity contribution in [2.75, 3.05) is 7.05 Å². The third-order valence-electron chi connectivity index (χ3n) is 5.28. The number of aryl methyl sites for hydroxylation is 1. The minimum atomic E-state index is -0.0201. The number of hydrogen-bond acceptors (Lipinski definition) is 2. The zero-order valence-electron chi connectivity index (χ0n) is 15.8. The summed E-state index contributed by atoms with van der Waals surface area (Å²) in [5, 5.41) is 5.39. The van der Waals surface area contributed by atoms with Gasteiger partial charge in [-0.05, 0) is 68.0 Å². The van der Waals surface area contributed by atoms with Crippen molar-refractivity contribution in [3.63, 3.8) is 0 Å². The van der Waals surface area contributed by atoms with Crippen molar-refractivity contribution in [1.29, 1.82) is 0 Å². The van der Waals surface area contributed by atoms with E-state index >= 15 is 0 Å². The molecule has 3 aromatic rings. The van der Waals surface area contributed by atoms with Crippen molar-refractivity contribution in [2.45, 2.75) is 25.9 Å². The molecule has 144 valence electrons. The van der Waals surface area contributed by atoms with E-state index in [2.05, 4.69) is 39.7 Å². The molecular weight excluding hydrogens is 411 g/mol. The Kier molecular flexibility index (Phi) is 5.08. The van der Waals surface area contributed by atoms with Gasteiger partial charge in [0.25, 0.3) is 0 Å². The van der Waals surface area contributed by atoms with Gasteiger partial charge in [0.1, 0.15) is 0 Å². The van der Waals surface area contributed by atoms with E-state index in [0.717, 1.165) is 27.9 Å². The summed E-state index contributed by atoms with van der Waals surface area (Å²) in [6.07, 6.45) is 1.81. The van der Waals surface area contributed by atoms with E-state index in [1.165, 1.54) is 5.56 Å². The minimum Gasteiger partial charge on any atom is -0.352 e. The summed E-state index contributed by atoms with van der Waals surface area (Å²) < 4.78 is 2.17. The summed E-state index contributed by atoms with van der Waals surface area (Å²) in [4.78, 5) is 6.66. The lowest BCUT2D eigenvalue weighted by Crippen LogP contribution is -2.25. The van der Waals surface area contributed by atoms with Gasteiger partial charge in [-0.2, -0.15) is 0 Å². The summed E-state index contributed by atoms with van der Waals surface area (Å²) in [6.45, 7) is 4.19. The van der Waals surface area contributed by atoms with Crippen molar-refractivity contribution >= 4 is 40.5 Å². The average molecular weight is 431 g/mol. The molecule has 0 amide bonds. The maximum Gasteiger partial charge on any atom is 0.169 e. The summed E-state index contributed by atoms with van der Waals surface area (Å²) in [5.41, 5.74) is 5.29. The maximum atomic E-state index is 6.49. The molecule has 0 unspecified atom stereocenters. The quantitative estimate of drug-likeness (QED) is 0.563. The van der Waals surface area contributed by atoms with Crippen LogP contribution < -0.4 is 5.32 Å². The highest BCUT2D eigenvalue weighted by molar-refractivity contribution is 7.80. The number of pyridine rings is 1. The SMILES string of the molecule is Cc1cc([C@H]2[C@@H](c3ccccn3)NC(=S)N2C)c(C)n1-c1ccc(Cl)cc1Cl. The first kappa shape index (κ1) is 19.2. The molecule has 4 rings (SSSR count). The number of halogens is 2. The normalized spacial score (nSPS) is 19.2. The van der Waals surface area contributed by atoms with Crippen LogP contribution in [-0.4, -0.2) is 26.6 Å². The number of hydrogen-bond donors (Lipinski definition) is 1. The van der Waals surface area contributed by atoms with Crippen molar-refractivity contribution < 1.29 is 0 Å². The van der Waals surface area contributed by atoms with Gasteiger partial charge in [0.2, 0.25) is 0 Å². The van der Waals surface area contributed by atoms with Gasteiger partial charge in [0.05, 0.1) is 28.5 Å². The van der Waals surface area contributed by atoms with E-state index in [-0.39, 0.29) is 12.1 Å². The fourth-order valence-electron chi connectivity index (χ4n) is 3.97. The van der Waals surface area contributed by atoms with E-state index in [1.807, 2.05) is 43.6 Å². The third-order valence-corrected chi connectivity index (χ3v) is 6.22. The van der Waals surface area contributed by atoms with Crippen LogP contribution in [0.2, 0.25) is 10.0 Å². The highest BCUT2D eigenvalue weighted by Crippen LogP contribution is 2.41. The van der Waals surface area contributed by atoms with Crippen molar-refractivity contribution in [3.8, 4) is 5.69 Å². The second-order valence-corrected chi connectivity index (χ2v) is 8.23. The lowest BCUT2D eigenvalue weighted by molar-refractivity contribution is 0.367. The van der Waals surface area contributed by atoms with Crippen LogP contribution in [0, 0.1) is 13.8 Å². The second-order valence-electron chi connectivity index (χ2n) is 7.00. The van der Waals surface area contributed by atoms with Gasteiger partial charge in [0, 0.05) is 29.7 Å². The number of nitrogens with zero attached hydrogens (tertiary/aromatic N) is 3. The molecule has 1 N–H and O–H groups in total. The van der Waals surface area contributed by atoms with Crippen molar-refractivity contribution in [2.24, 2.45) is 0 Å². The van der Waals surface area contributed by atoms with Crippen LogP contribution in [0.4, 0.5) is 0 Å². The molecule has 28 heavy (non-hydrogen) atoms. The number of benzene rings is 1. The van der Waals surface area contributed by atoms with E-state index in [0.29, 0.717) is 10.0 Å². The Morgan fingerprint density at radius 2 is 1.89 bits per heavy atom. The number of likely N-dealkylation sites (N-methyl/N-ethyl adjacent to an activating group) is 1. The lowest BCUT2D eigenvalue weighted by Gasteiger charge is -2.24. The molecular formula is C21H20Cl2N4S. The first-order valence-electron chi connectivity index (χ1n) is 8.97. The highest BCUT2D eigenvalue weighted by Gasteiger charge is 2.39. The van der Waals surface area contributed by atoms with Crippen LogP contribution in [0.15, 0.2) is 48.7 Å². The Bertz CT molecular complexity index is 1050. The van der Waals surface area contributed by atoms with Crippen molar-refractivity contribution in [3.05, 3.63) is 81.4 Å². The van der Waals surface area contributed by atoms with Crippen LogP contribution in [0.3, 0.4) is 0 Å². The standard InChI is InChI=1S/C21H20Cl2N4S/c1-12-10-15(13(2)27(12)18-8-7-14(22)11-16(18)23)20-19(25-21(28)26(20)3)17-6-4-5-9-24-17/h4-11,19-20H,1-3H3,(H,25,28)/t19-,20+/m1/s1. The van der Waals surface area contributed by atoms with Crippen LogP contribution in [-0.2, 0) is 0 Å². The Labute approximate surface area is 180 Å². The Morgan fingerprint density at radius 1 is 1.11 bits per heavy atom. The largest absolute Gasteiger partial charge is 0.352 e. The van der Waals surface area contributed by atoms with Crippen LogP contribution >= 0.6 is 35.4 Å². The predicted molar refractivity (Wildman–Crippen MR) is 118 cm³/mol. The lowest BCUT2D eigenvalue weighted by atomic mass is 9.97. The molecule has 0 aliphatic carbocycles. The Hall–Kier alpha value is -2.08. The van der Waals surface area contributed by atoms with E-state index in [4.69, 9.17) is 35.4 Å². The molecule has 1 aliphatic heterocycles. The zero-order chi connectivity index (χ0) is 20.0. The summed E-state index contributed by atoms with van der Waals surface area (Å²) in [6, 6.07) is 13.7. The highest BCUT2D eigenvalue weighted by atomic mass is 35.5. The Morgan fingerprint density at radius 3 is 2.57 bits per heavy atom. The molecule has 0 radical (unpaired) electrons. The van der Waals surface area contributed by atoms with Crippen LogP contribution in [0.5, 0.6) is 0 Å². The minimum absolute atomic E-state index is 0.0201. The van der Waals surface area contributed by atoms with Crippen molar-refractivity contribution in [1.82, 2.24) is 19.8 Å². The molecule has 1 fully saturated rings.